The van der Waals surface area contributed by atoms with Crippen molar-refractivity contribution in [2.24, 2.45) is 0 Å². The normalized spacial score (nSPS) is 23.1. The van der Waals surface area contributed by atoms with Crippen LogP contribution in [0.5, 0.6) is 0 Å². The molecule has 0 N–H and O–H groups in total. The van der Waals surface area contributed by atoms with Gasteiger partial charge in [0.25, 0.3) is 5.91 Å². The zero-order valence-corrected chi connectivity index (χ0v) is 11.8. The van der Waals surface area contributed by atoms with Gasteiger partial charge in [0.05, 0.1) is 5.69 Å². The number of rotatable bonds is 1. The maximum atomic E-state index is 13.1. The number of esters is 1. The number of nitrogens with zero attached hydrogens (tertiary/aromatic N) is 1. The maximum Gasteiger partial charge on any atom is 0.335 e. The highest BCUT2D eigenvalue weighted by Crippen LogP contribution is 2.51. The molecule has 2 aliphatic rings. The second-order valence-electron chi connectivity index (χ2n) is 5.49. The molecule has 0 aromatic heterocycles. The third-order valence-electron chi connectivity index (χ3n) is 4.16. The van der Waals surface area contributed by atoms with Crippen molar-refractivity contribution in [1.82, 2.24) is 0 Å². The van der Waals surface area contributed by atoms with Gasteiger partial charge in [-0.3, -0.25) is 9.69 Å². The Bertz CT molecular complexity index is 794. The van der Waals surface area contributed by atoms with Crippen LogP contribution in [0.2, 0.25) is 0 Å². The predicted octanol–water partition coefficient (Wildman–Crippen LogP) is 3.06. The molecule has 4 nitrogen and oxygen atoms in total. The van der Waals surface area contributed by atoms with Crippen molar-refractivity contribution in [1.29, 1.82) is 0 Å². The first-order valence-electron chi connectivity index (χ1n) is 7.04. The number of carbonyl (C=O) groups is 2. The van der Waals surface area contributed by atoms with Crippen LogP contribution < -0.4 is 4.90 Å². The number of hydrogen-bond acceptors (Lipinski definition) is 3. The highest BCUT2D eigenvalue weighted by atomic mass is 16.6. The summed E-state index contributed by atoms with van der Waals surface area (Å²) in [5.41, 5.74) is 1.29. The van der Waals surface area contributed by atoms with Gasteiger partial charge in [-0.2, -0.15) is 0 Å². The summed E-state index contributed by atoms with van der Waals surface area (Å²) in [4.78, 5) is 26.5. The van der Waals surface area contributed by atoms with E-state index in [1.165, 1.54) is 0 Å². The Hall–Kier alpha value is -2.88. The first-order valence-corrected chi connectivity index (χ1v) is 7.04. The van der Waals surface area contributed by atoms with Crippen LogP contribution in [0.25, 0.3) is 0 Å². The molecule has 1 atom stereocenters. The second kappa shape index (κ2) is 4.31. The summed E-state index contributed by atoms with van der Waals surface area (Å²) >= 11 is 0. The standard InChI is InChI=1S/C18H13NO3/c1-12-11-18(22-16(12)20)14-9-5-6-10-15(14)19(17(18)21)13-7-3-2-4-8-13/h2-10H,1,11H2. The van der Waals surface area contributed by atoms with Gasteiger partial charge in [0.2, 0.25) is 5.60 Å². The minimum atomic E-state index is -1.26. The molecule has 4 rings (SSSR count). The average molecular weight is 291 g/mol. The molecule has 1 saturated heterocycles. The Morgan fingerprint density at radius 2 is 1.68 bits per heavy atom. The predicted molar refractivity (Wildman–Crippen MR) is 81.6 cm³/mol. The van der Waals surface area contributed by atoms with Crippen LogP contribution in [-0.2, 0) is 19.9 Å². The second-order valence-corrected chi connectivity index (χ2v) is 5.49. The minimum absolute atomic E-state index is 0.199. The molecule has 2 aromatic rings. The zero-order valence-electron chi connectivity index (χ0n) is 11.8. The summed E-state index contributed by atoms with van der Waals surface area (Å²) in [6.07, 6.45) is 0.199. The molecule has 0 radical (unpaired) electrons. The molecule has 0 aliphatic carbocycles. The molecule has 1 unspecified atom stereocenters. The van der Waals surface area contributed by atoms with Gasteiger partial charge in [0, 0.05) is 23.2 Å². The molecule has 2 aliphatic heterocycles. The quantitative estimate of drug-likeness (QED) is 0.599. The smallest absolute Gasteiger partial charge is 0.335 e. The van der Waals surface area contributed by atoms with E-state index < -0.39 is 11.6 Å². The summed E-state index contributed by atoms with van der Waals surface area (Å²) < 4.78 is 5.48. The van der Waals surface area contributed by atoms with E-state index in [1.54, 1.807) is 4.90 Å². The van der Waals surface area contributed by atoms with Gasteiger partial charge in [0.1, 0.15) is 0 Å². The number of ether oxygens (including phenoxy) is 1. The van der Waals surface area contributed by atoms with Crippen LogP contribution in [0.3, 0.4) is 0 Å². The fourth-order valence-electron chi connectivity index (χ4n) is 3.16. The molecule has 1 fully saturated rings. The lowest BCUT2D eigenvalue weighted by atomic mass is 9.91. The first-order chi connectivity index (χ1) is 10.6. The van der Waals surface area contributed by atoms with Crippen LogP contribution in [0.1, 0.15) is 12.0 Å². The van der Waals surface area contributed by atoms with E-state index in [2.05, 4.69) is 6.58 Å². The van der Waals surface area contributed by atoms with Crippen molar-refractivity contribution in [3.63, 3.8) is 0 Å². The van der Waals surface area contributed by atoms with Crippen molar-refractivity contribution in [3.05, 3.63) is 72.3 Å². The van der Waals surface area contributed by atoms with Gasteiger partial charge in [-0.25, -0.2) is 4.79 Å². The highest BCUT2D eigenvalue weighted by molar-refractivity contribution is 6.15. The fraction of sp³-hybridized carbons (Fsp3) is 0.111. The Morgan fingerprint density at radius 3 is 2.36 bits per heavy atom. The summed E-state index contributed by atoms with van der Waals surface area (Å²) in [6.45, 7) is 3.71. The number of para-hydroxylation sites is 2. The third kappa shape index (κ3) is 1.52. The number of amides is 1. The molecule has 0 bridgehead atoms. The zero-order chi connectivity index (χ0) is 15.3. The van der Waals surface area contributed by atoms with Crippen molar-refractivity contribution in [2.75, 3.05) is 4.90 Å². The summed E-state index contributed by atoms with van der Waals surface area (Å²) in [7, 11) is 0. The van der Waals surface area contributed by atoms with Crippen molar-refractivity contribution >= 4 is 23.3 Å². The van der Waals surface area contributed by atoms with Gasteiger partial charge >= 0.3 is 5.97 Å². The molecule has 108 valence electrons. The highest BCUT2D eigenvalue weighted by Gasteiger charge is 2.58. The van der Waals surface area contributed by atoms with Crippen LogP contribution in [-0.4, -0.2) is 11.9 Å². The molecule has 2 aromatic carbocycles. The lowest BCUT2D eigenvalue weighted by Crippen LogP contribution is -2.38. The van der Waals surface area contributed by atoms with E-state index in [4.69, 9.17) is 4.74 Å². The lowest BCUT2D eigenvalue weighted by Gasteiger charge is -2.22. The summed E-state index contributed by atoms with van der Waals surface area (Å²) in [6, 6.07) is 16.8. The molecule has 1 spiro atoms. The van der Waals surface area contributed by atoms with E-state index in [0.717, 1.165) is 16.9 Å². The van der Waals surface area contributed by atoms with E-state index in [1.807, 2.05) is 54.6 Å². The van der Waals surface area contributed by atoms with Crippen molar-refractivity contribution in [3.8, 4) is 0 Å². The largest absolute Gasteiger partial charge is 0.440 e. The van der Waals surface area contributed by atoms with Gasteiger partial charge in [-0.15, -0.1) is 0 Å². The van der Waals surface area contributed by atoms with E-state index in [-0.39, 0.29) is 12.3 Å². The number of fused-ring (bicyclic) bond motifs is 2. The lowest BCUT2D eigenvalue weighted by molar-refractivity contribution is -0.155. The van der Waals surface area contributed by atoms with Gasteiger partial charge in [0.15, 0.2) is 0 Å². The molecular weight excluding hydrogens is 278 g/mol. The molecule has 2 heterocycles. The molecule has 22 heavy (non-hydrogen) atoms. The Morgan fingerprint density at radius 1 is 1.00 bits per heavy atom. The number of hydrogen-bond donors (Lipinski definition) is 0. The van der Waals surface area contributed by atoms with Gasteiger partial charge in [-0.05, 0) is 18.2 Å². The minimum Gasteiger partial charge on any atom is -0.440 e. The van der Waals surface area contributed by atoms with E-state index in [9.17, 15) is 9.59 Å². The maximum absolute atomic E-state index is 13.1. The van der Waals surface area contributed by atoms with Crippen LogP contribution in [0, 0.1) is 0 Å². The van der Waals surface area contributed by atoms with Crippen molar-refractivity contribution < 1.29 is 14.3 Å². The monoisotopic (exact) mass is 291 g/mol. The average Bonchev–Trinajstić information content (AvgIpc) is 2.97. The van der Waals surface area contributed by atoms with E-state index in [0.29, 0.717) is 5.57 Å². The molecule has 1 amide bonds. The summed E-state index contributed by atoms with van der Waals surface area (Å²) in [5.74, 6) is -0.745. The van der Waals surface area contributed by atoms with Crippen LogP contribution in [0.4, 0.5) is 11.4 Å². The van der Waals surface area contributed by atoms with Gasteiger partial charge < -0.3 is 4.74 Å². The number of carbonyl (C=O) groups excluding carboxylic acids is 2. The first kappa shape index (κ1) is 12.8. The SMILES string of the molecule is C=C1CC2(OC1=O)C(=O)N(c1ccccc1)c1ccccc12. The van der Waals surface area contributed by atoms with Gasteiger partial charge in [-0.1, -0.05) is 43.0 Å². The van der Waals surface area contributed by atoms with E-state index >= 15 is 0 Å². The molecular formula is C18H13NO3. The molecule has 0 saturated carbocycles. The Kier molecular flexibility index (Phi) is 2.51. The molecule has 4 heteroatoms. The Labute approximate surface area is 127 Å². The Balaban J connectivity index is 1.93. The number of benzene rings is 2. The summed E-state index contributed by atoms with van der Waals surface area (Å²) in [5, 5.41) is 0. The van der Waals surface area contributed by atoms with Crippen LogP contribution in [0.15, 0.2) is 66.7 Å². The van der Waals surface area contributed by atoms with Crippen LogP contribution >= 0.6 is 0 Å². The number of anilines is 2. The van der Waals surface area contributed by atoms with Crippen molar-refractivity contribution in [2.45, 2.75) is 12.0 Å². The fourth-order valence-corrected chi connectivity index (χ4v) is 3.16. The topological polar surface area (TPSA) is 46.6 Å². The third-order valence-corrected chi connectivity index (χ3v) is 4.16.